The average molecular weight is 553 g/mol. The van der Waals surface area contributed by atoms with E-state index in [-0.39, 0.29) is 29.7 Å². The van der Waals surface area contributed by atoms with Crippen molar-refractivity contribution < 1.29 is 32.5 Å². The molecule has 1 amide bonds. The molecular formula is C29H32N2O7S. The third kappa shape index (κ3) is 6.19. The number of methoxy groups -OCH3 is 1. The van der Waals surface area contributed by atoms with Gasteiger partial charge in [0, 0.05) is 29.8 Å². The van der Waals surface area contributed by atoms with Gasteiger partial charge in [-0.2, -0.15) is 0 Å². The summed E-state index contributed by atoms with van der Waals surface area (Å²) in [5, 5.41) is 13.0. The lowest BCUT2D eigenvalue weighted by atomic mass is 9.84. The highest BCUT2D eigenvalue weighted by Crippen LogP contribution is 2.47. The molecule has 2 aliphatic heterocycles. The zero-order valence-corrected chi connectivity index (χ0v) is 22.4. The van der Waals surface area contributed by atoms with E-state index in [4.69, 9.17) is 14.2 Å². The summed E-state index contributed by atoms with van der Waals surface area (Å²) in [6.07, 6.45) is -0.0366. The Morgan fingerprint density at radius 2 is 1.90 bits per heavy atom. The second-order valence-corrected chi connectivity index (χ2v) is 11.4. The van der Waals surface area contributed by atoms with E-state index in [1.165, 1.54) is 19.2 Å². The van der Waals surface area contributed by atoms with E-state index < -0.39 is 28.3 Å². The second-order valence-electron chi connectivity index (χ2n) is 9.73. The number of sulfonamides is 1. The van der Waals surface area contributed by atoms with Gasteiger partial charge in [-0.1, -0.05) is 36.4 Å². The molecule has 0 spiro atoms. The quantitative estimate of drug-likeness (QED) is 0.353. The summed E-state index contributed by atoms with van der Waals surface area (Å²) in [7, 11) is -2.37. The van der Waals surface area contributed by atoms with Crippen LogP contribution in [0.15, 0.2) is 77.7 Å². The molecular weight excluding hydrogens is 520 g/mol. The summed E-state index contributed by atoms with van der Waals surface area (Å²) >= 11 is 0. The molecule has 0 bridgehead atoms. The smallest absolute Gasteiger partial charge is 0.262 e. The zero-order valence-electron chi connectivity index (χ0n) is 21.6. The number of aliphatic hydroxyl groups is 1. The maximum Gasteiger partial charge on any atom is 0.262 e. The molecule has 39 heavy (non-hydrogen) atoms. The van der Waals surface area contributed by atoms with Gasteiger partial charge in [0.15, 0.2) is 0 Å². The van der Waals surface area contributed by atoms with Gasteiger partial charge in [0.1, 0.15) is 23.7 Å². The fraction of sp³-hybridized carbons (Fsp3) is 0.345. The lowest BCUT2D eigenvalue weighted by Gasteiger charge is -2.37. The first kappa shape index (κ1) is 27.0. The molecule has 0 radical (unpaired) electrons. The minimum absolute atomic E-state index is 0.0845. The first-order valence-corrected chi connectivity index (χ1v) is 14.4. The van der Waals surface area contributed by atoms with Crippen molar-refractivity contribution in [2.24, 2.45) is 0 Å². The Bertz CT molecular complexity index is 1410. The molecule has 3 aromatic carbocycles. The number of carbonyl (C=O) groups excluding carboxylic acids is 1. The first-order valence-electron chi connectivity index (χ1n) is 12.9. The van der Waals surface area contributed by atoms with Gasteiger partial charge >= 0.3 is 0 Å². The van der Waals surface area contributed by atoms with Crippen LogP contribution in [0.2, 0.25) is 0 Å². The van der Waals surface area contributed by atoms with Crippen LogP contribution >= 0.6 is 0 Å². The molecule has 1 fully saturated rings. The van der Waals surface area contributed by atoms with Gasteiger partial charge in [0.2, 0.25) is 5.91 Å². The van der Waals surface area contributed by atoms with E-state index in [1.807, 2.05) is 30.3 Å². The molecule has 0 aromatic heterocycles. The van der Waals surface area contributed by atoms with Crippen LogP contribution in [0.5, 0.6) is 11.5 Å². The predicted octanol–water partition coefficient (Wildman–Crippen LogP) is 3.24. The fourth-order valence-corrected chi connectivity index (χ4v) is 6.29. The summed E-state index contributed by atoms with van der Waals surface area (Å²) in [6, 6.07) is 21.3. The van der Waals surface area contributed by atoms with Gasteiger partial charge in [0.05, 0.1) is 31.1 Å². The van der Waals surface area contributed by atoms with E-state index in [1.54, 1.807) is 30.3 Å². The summed E-state index contributed by atoms with van der Waals surface area (Å²) in [5.41, 5.74) is 2.36. The first-order chi connectivity index (χ1) is 18.9. The van der Waals surface area contributed by atoms with Crippen LogP contribution in [0.25, 0.3) is 0 Å². The zero-order chi connectivity index (χ0) is 27.4. The van der Waals surface area contributed by atoms with Crippen molar-refractivity contribution >= 4 is 21.6 Å². The van der Waals surface area contributed by atoms with Gasteiger partial charge in [0.25, 0.3) is 10.0 Å². The van der Waals surface area contributed by atoms with Crippen molar-refractivity contribution in [2.45, 2.75) is 48.4 Å². The summed E-state index contributed by atoms with van der Waals surface area (Å²) in [4.78, 5) is 12.7. The third-order valence-corrected chi connectivity index (χ3v) is 8.47. The van der Waals surface area contributed by atoms with E-state index in [9.17, 15) is 18.3 Å². The second kappa shape index (κ2) is 11.6. The molecule has 2 aliphatic rings. The molecule has 3 N–H and O–H groups in total. The van der Waals surface area contributed by atoms with Gasteiger partial charge in [-0.05, 0) is 48.7 Å². The van der Waals surface area contributed by atoms with Crippen molar-refractivity contribution in [2.75, 3.05) is 25.0 Å². The van der Waals surface area contributed by atoms with Crippen molar-refractivity contribution in [1.29, 1.82) is 0 Å². The molecule has 0 aliphatic carbocycles. The Balaban J connectivity index is 1.26. The number of fused-ring (bicyclic) bond motifs is 3. The molecule has 2 heterocycles. The molecule has 10 heteroatoms. The minimum Gasteiger partial charge on any atom is -0.497 e. The number of aliphatic hydroxyl groups excluding tert-OH is 1. The molecule has 0 unspecified atom stereocenters. The van der Waals surface area contributed by atoms with E-state index in [0.717, 1.165) is 17.5 Å². The fourth-order valence-electron chi connectivity index (χ4n) is 5.20. The normalized spacial score (nSPS) is 21.8. The van der Waals surface area contributed by atoms with Crippen LogP contribution in [-0.4, -0.2) is 58.0 Å². The maximum absolute atomic E-state index is 13.0. The molecule has 206 valence electrons. The van der Waals surface area contributed by atoms with Crippen LogP contribution in [0, 0.1) is 0 Å². The van der Waals surface area contributed by atoms with Crippen molar-refractivity contribution in [3.63, 3.8) is 0 Å². The van der Waals surface area contributed by atoms with Crippen molar-refractivity contribution in [1.82, 2.24) is 5.32 Å². The number of hydrogen-bond acceptors (Lipinski definition) is 7. The van der Waals surface area contributed by atoms with E-state index in [2.05, 4.69) is 10.0 Å². The average Bonchev–Trinajstić information content (AvgIpc) is 3.31. The third-order valence-electron chi connectivity index (χ3n) is 7.09. The highest BCUT2D eigenvalue weighted by Gasteiger charge is 2.46. The number of hydrogen-bond donors (Lipinski definition) is 3. The summed E-state index contributed by atoms with van der Waals surface area (Å²) in [6.45, 7) is 0.268. The van der Waals surface area contributed by atoms with Crippen LogP contribution in [0.3, 0.4) is 0 Å². The van der Waals surface area contributed by atoms with Crippen LogP contribution in [0.1, 0.15) is 29.9 Å². The highest BCUT2D eigenvalue weighted by atomic mass is 32.2. The Labute approximate surface area is 228 Å². The lowest BCUT2D eigenvalue weighted by molar-refractivity contribution is -0.142. The lowest BCUT2D eigenvalue weighted by Crippen LogP contribution is -2.47. The molecule has 9 nitrogen and oxygen atoms in total. The monoisotopic (exact) mass is 552 g/mol. The number of rotatable bonds is 10. The minimum atomic E-state index is -3.85. The topological polar surface area (TPSA) is 123 Å². The van der Waals surface area contributed by atoms with E-state index >= 15 is 0 Å². The Hall–Kier alpha value is -3.60. The highest BCUT2D eigenvalue weighted by molar-refractivity contribution is 7.92. The number of ether oxygens (including phenoxy) is 3. The number of nitrogens with one attached hydrogen (secondary N) is 2. The standard InChI is InChI=1S/C29H32N2O7S/c1-36-21-8-5-9-23(15-21)39(34,35)31-20-10-11-26-24(14-20)25-16-22(37-27(18-32)29(25)38-26)17-28(33)30-13-12-19-6-3-2-4-7-19/h2-11,14-15,22,25,27,29,31-32H,12-13,16-18H2,1H3,(H,30,33)/t22-,25+,27-,29-/m1/s1. The predicted molar refractivity (Wildman–Crippen MR) is 146 cm³/mol. The van der Waals surface area contributed by atoms with Crippen molar-refractivity contribution in [3.05, 3.63) is 83.9 Å². The van der Waals surface area contributed by atoms with E-state index in [0.29, 0.717) is 30.2 Å². The van der Waals surface area contributed by atoms with Gasteiger partial charge in [-0.3, -0.25) is 9.52 Å². The van der Waals surface area contributed by atoms with Crippen LogP contribution < -0.4 is 19.5 Å². The Morgan fingerprint density at radius 1 is 1.08 bits per heavy atom. The number of anilines is 1. The van der Waals surface area contributed by atoms with Crippen LogP contribution in [0.4, 0.5) is 5.69 Å². The summed E-state index contributed by atoms with van der Waals surface area (Å²) in [5.74, 6) is 0.777. The van der Waals surface area contributed by atoms with Crippen LogP contribution in [-0.2, 0) is 26.0 Å². The van der Waals surface area contributed by atoms with Gasteiger partial charge in [-0.15, -0.1) is 0 Å². The van der Waals surface area contributed by atoms with Crippen molar-refractivity contribution in [3.8, 4) is 11.5 Å². The molecule has 3 aromatic rings. The molecule has 5 rings (SSSR count). The number of benzene rings is 3. The SMILES string of the molecule is COc1cccc(S(=O)(=O)Nc2ccc3c(c2)[C@@H]2C[C@H](CC(=O)NCCc4ccccc4)O[C@H](CO)[C@@H]2O3)c1. The number of amides is 1. The van der Waals surface area contributed by atoms with Gasteiger partial charge in [-0.25, -0.2) is 8.42 Å². The Morgan fingerprint density at radius 3 is 2.67 bits per heavy atom. The number of carbonyl (C=O) groups is 1. The summed E-state index contributed by atoms with van der Waals surface area (Å²) < 4.78 is 45.9. The van der Waals surface area contributed by atoms with Gasteiger partial charge < -0.3 is 24.6 Å². The largest absolute Gasteiger partial charge is 0.497 e. The maximum atomic E-state index is 13.0. The Kier molecular flexibility index (Phi) is 8.06. The molecule has 0 saturated carbocycles. The molecule has 4 atom stereocenters. The molecule has 1 saturated heterocycles.